The highest BCUT2D eigenvalue weighted by Crippen LogP contribution is 2.47. The first-order valence-corrected chi connectivity index (χ1v) is 10.2. The van der Waals surface area contributed by atoms with Crippen LogP contribution in [0, 0.1) is 5.41 Å². The van der Waals surface area contributed by atoms with Crippen molar-refractivity contribution in [2.24, 2.45) is 4.99 Å². The van der Waals surface area contributed by atoms with Crippen molar-refractivity contribution in [3.05, 3.63) is 47.0 Å². The van der Waals surface area contributed by atoms with E-state index in [0.29, 0.717) is 5.96 Å². The number of hydrogen-bond acceptors (Lipinski definition) is 3. The Labute approximate surface area is 166 Å². The lowest BCUT2D eigenvalue weighted by atomic mass is 10.2. The number of thioether (sulfide) groups is 1. The molecule has 1 saturated heterocycles. The molecule has 1 aromatic rings. The smallest absolute Gasteiger partial charge is 0.219 e. The molecule has 3 rings (SSSR count). The number of nitrogens with zero attached hydrogens (tertiary/aromatic N) is 4. The van der Waals surface area contributed by atoms with Crippen LogP contribution in [0.25, 0.3) is 0 Å². The Hall–Kier alpha value is -2.05. The zero-order chi connectivity index (χ0) is 19.6. The second kappa shape index (κ2) is 8.31. The molecule has 0 atom stereocenters. The molecule has 144 valence electrons. The van der Waals surface area contributed by atoms with E-state index in [1.807, 2.05) is 13.0 Å². The SMILES string of the molecule is C=C(C)/C(=N\C(=N)N1CCCN(C)CC1)N1C(=C(C)C)Sc2ccccc21. The second-order valence-corrected chi connectivity index (χ2v) is 8.42. The monoisotopic (exact) mass is 383 g/mol. The number of benzene rings is 1. The van der Waals surface area contributed by atoms with E-state index in [1.165, 1.54) is 10.5 Å². The van der Waals surface area contributed by atoms with Crippen LogP contribution < -0.4 is 4.90 Å². The highest BCUT2D eigenvalue weighted by Gasteiger charge is 2.30. The van der Waals surface area contributed by atoms with Crippen LogP contribution in [0.3, 0.4) is 0 Å². The zero-order valence-electron chi connectivity index (χ0n) is 16.7. The molecule has 1 aromatic carbocycles. The predicted molar refractivity (Wildman–Crippen MR) is 117 cm³/mol. The van der Waals surface area contributed by atoms with E-state index >= 15 is 0 Å². The largest absolute Gasteiger partial charge is 0.340 e. The van der Waals surface area contributed by atoms with Crippen molar-refractivity contribution in [1.82, 2.24) is 9.80 Å². The molecule has 0 unspecified atom stereocenters. The number of likely N-dealkylation sites (N-methyl/N-ethyl adjacent to an activating group) is 1. The highest BCUT2D eigenvalue weighted by atomic mass is 32.2. The van der Waals surface area contributed by atoms with Gasteiger partial charge >= 0.3 is 0 Å². The Morgan fingerprint density at radius 2 is 1.85 bits per heavy atom. The van der Waals surface area contributed by atoms with Gasteiger partial charge in [-0.3, -0.25) is 10.3 Å². The first-order chi connectivity index (χ1) is 12.9. The minimum absolute atomic E-state index is 0.325. The standard InChI is InChI=1S/C21H29N5S/c1-15(2)19(23-21(22)25-12-8-11-24(5)13-14-25)26-17-9-6-7-10-18(17)27-20(26)16(3)4/h6-7,9-10,22H,1,8,11-14H2,2-5H3/b22-21?,23-19+. The van der Waals surface area contributed by atoms with Gasteiger partial charge in [-0.25, -0.2) is 0 Å². The molecule has 2 aliphatic rings. The quantitative estimate of drug-likeness (QED) is 0.577. The number of allylic oxidation sites excluding steroid dienone is 1. The average molecular weight is 384 g/mol. The lowest BCUT2D eigenvalue weighted by Crippen LogP contribution is -2.36. The lowest BCUT2D eigenvalue weighted by Gasteiger charge is -2.26. The molecule has 0 spiro atoms. The molecule has 0 aliphatic carbocycles. The third kappa shape index (κ3) is 4.28. The number of para-hydroxylation sites is 1. The van der Waals surface area contributed by atoms with Crippen molar-refractivity contribution >= 4 is 29.2 Å². The molecule has 0 radical (unpaired) electrons. The number of aliphatic imine (C=N–C) groups is 1. The maximum atomic E-state index is 8.62. The number of anilines is 1. The number of rotatable bonds is 1. The minimum atomic E-state index is 0.325. The van der Waals surface area contributed by atoms with Crippen LogP contribution in [-0.4, -0.2) is 54.8 Å². The number of hydrogen-bond donors (Lipinski definition) is 1. The molecule has 0 aromatic heterocycles. The Bertz CT molecular complexity index is 807. The lowest BCUT2D eigenvalue weighted by molar-refractivity contribution is 0.345. The van der Waals surface area contributed by atoms with Gasteiger partial charge < -0.3 is 9.80 Å². The molecule has 27 heavy (non-hydrogen) atoms. The molecule has 1 N–H and O–H groups in total. The molecule has 2 aliphatic heterocycles. The van der Waals surface area contributed by atoms with Crippen molar-refractivity contribution in [2.75, 3.05) is 38.1 Å². The van der Waals surface area contributed by atoms with Gasteiger partial charge in [0.1, 0.15) is 5.84 Å². The Balaban J connectivity index is 1.97. The fourth-order valence-electron chi connectivity index (χ4n) is 3.29. The Kier molecular flexibility index (Phi) is 6.07. The third-order valence-electron chi connectivity index (χ3n) is 4.77. The summed E-state index contributed by atoms with van der Waals surface area (Å²) in [6.45, 7) is 14.1. The van der Waals surface area contributed by atoms with Crippen molar-refractivity contribution in [2.45, 2.75) is 32.1 Å². The average Bonchev–Trinajstić information content (AvgIpc) is 2.87. The van der Waals surface area contributed by atoms with Crippen molar-refractivity contribution in [1.29, 1.82) is 5.41 Å². The van der Waals surface area contributed by atoms with Crippen LogP contribution >= 0.6 is 11.8 Å². The fourth-order valence-corrected chi connectivity index (χ4v) is 4.39. The van der Waals surface area contributed by atoms with Crippen molar-refractivity contribution < 1.29 is 0 Å². The van der Waals surface area contributed by atoms with Gasteiger partial charge in [0.2, 0.25) is 5.96 Å². The summed E-state index contributed by atoms with van der Waals surface area (Å²) < 4.78 is 0. The molecule has 2 heterocycles. The Morgan fingerprint density at radius 1 is 1.11 bits per heavy atom. The van der Waals surface area contributed by atoms with Gasteiger partial charge in [0.25, 0.3) is 0 Å². The van der Waals surface area contributed by atoms with Crippen LogP contribution in [0.2, 0.25) is 0 Å². The summed E-state index contributed by atoms with van der Waals surface area (Å²) >= 11 is 1.76. The van der Waals surface area contributed by atoms with Gasteiger partial charge in [0, 0.05) is 24.5 Å². The number of nitrogens with one attached hydrogen (secondary N) is 1. The van der Waals surface area contributed by atoms with Crippen LogP contribution in [0.5, 0.6) is 0 Å². The second-order valence-electron chi connectivity index (χ2n) is 7.39. The molecule has 1 fully saturated rings. The summed E-state index contributed by atoms with van der Waals surface area (Å²) in [5.74, 6) is 1.08. The van der Waals surface area contributed by atoms with Gasteiger partial charge in [-0.05, 0) is 64.1 Å². The zero-order valence-corrected chi connectivity index (χ0v) is 17.6. The number of fused-ring (bicyclic) bond motifs is 1. The molecular formula is C21H29N5S. The summed E-state index contributed by atoms with van der Waals surface area (Å²) in [5, 5.41) is 9.77. The summed E-state index contributed by atoms with van der Waals surface area (Å²) in [6.07, 6.45) is 1.05. The molecule has 0 bridgehead atoms. The van der Waals surface area contributed by atoms with E-state index < -0.39 is 0 Å². The normalized spacial score (nSPS) is 18.4. The van der Waals surface area contributed by atoms with E-state index in [4.69, 9.17) is 10.4 Å². The molecule has 0 saturated carbocycles. The van der Waals surface area contributed by atoms with Gasteiger partial charge in [-0.2, -0.15) is 4.99 Å². The van der Waals surface area contributed by atoms with Crippen LogP contribution in [-0.2, 0) is 0 Å². The highest BCUT2D eigenvalue weighted by molar-refractivity contribution is 8.03. The maximum Gasteiger partial charge on any atom is 0.219 e. The van der Waals surface area contributed by atoms with Crippen molar-refractivity contribution in [3.63, 3.8) is 0 Å². The number of amidine groups is 1. The summed E-state index contributed by atoms with van der Waals surface area (Å²) in [4.78, 5) is 12.5. The van der Waals surface area contributed by atoms with E-state index in [0.717, 1.165) is 54.7 Å². The van der Waals surface area contributed by atoms with E-state index in [2.05, 4.69) is 60.4 Å². The van der Waals surface area contributed by atoms with Crippen LogP contribution in [0.4, 0.5) is 5.69 Å². The van der Waals surface area contributed by atoms with E-state index in [-0.39, 0.29) is 0 Å². The summed E-state index contributed by atoms with van der Waals surface area (Å²) in [6, 6.07) is 8.35. The predicted octanol–water partition coefficient (Wildman–Crippen LogP) is 4.40. The molecular weight excluding hydrogens is 354 g/mol. The van der Waals surface area contributed by atoms with Crippen LogP contribution in [0.15, 0.2) is 56.9 Å². The molecule has 5 nitrogen and oxygen atoms in total. The van der Waals surface area contributed by atoms with Gasteiger partial charge in [-0.1, -0.05) is 30.5 Å². The summed E-state index contributed by atoms with van der Waals surface area (Å²) in [5.41, 5.74) is 3.21. The minimum Gasteiger partial charge on any atom is -0.340 e. The van der Waals surface area contributed by atoms with Gasteiger partial charge in [0.05, 0.1) is 10.7 Å². The first kappa shape index (κ1) is 19.7. The topological polar surface area (TPSA) is 45.9 Å². The fraction of sp³-hybridized carbons (Fsp3) is 0.429. The van der Waals surface area contributed by atoms with Gasteiger partial charge in [0.15, 0.2) is 0 Å². The third-order valence-corrected chi connectivity index (χ3v) is 6.12. The van der Waals surface area contributed by atoms with Crippen LogP contribution in [0.1, 0.15) is 27.2 Å². The first-order valence-electron chi connectivity index (χ1n) is 9.39. The van der Waals surface area contributed by atoms with E-state index in [9.17, 15) is 0 Å². The number of guanidine groups is 1. The maximum absolute atomic E-state index is 8.62. The van der Waals surface area contributed by atoms with Gasteiger partial charge in [-0.15, -0.1) is 0 Å². The van der Waals surface area contributed by atoms with E-state index in [1.54, 1.807) is 11.8 Å². The van der Waals surface area contributed by atoms with Crippen molar-refractivity contribution in [3.8, 4) is 0 Å². The summed E-state index contributed by atoms with van der Waals surface area (Å²) in [7, 11) is 2.13. The Morgan fingerprint density at radius 3 is 2.56 bits per heavy atom. The molecule has 6 heteroatoms. The molecule has 0 amide bonds.